The van der Waals surface area contributed by atoms with E-state index in [1.807, 2.05) is 0 Å². The first-order chi connectivity index (χ1) is 9.45. The molecule has 0 aliphatic heterocycles. The van der Waals surface area contributed by atoms with Crippen molar-refractivity contribution in [2.45, 2.75) is 62.3 Å². The van der Waals surface area contributed by atoms with Crippen LogP contribution in [0.15, 0.2) is 0 Å². The Bertz CT molecular complexity index is 451. The van der Waals surface area contributed by atoms with Gasteiger partial charge >= 0.3 is 5.97 Å². The van der Waals surface area contributed by atoms with Crippen molar-refractivity contribution >= 4 is 16.0 Å². The number of carbonyl (C=O) groups is 1. The van der Waals surface area contributed by atoms with Gasteiger partial charge in [0.05, 0.1) is 18.3 Å². The molecule has 0 spiro atoms. The minimum absolute atomic E-state index is 0.128. The largest absolute Gasteiger partial charge is 0.469 e. The molecule has 4 atom stereocenters. The van der Waals surface area contributed by atoms with Crippen molar-refractivity contribution in [2.24, 2.45) is 11.7 Å². The molecule has 0 aromatic heterocycles. The molecule has 2 aliphatic rings. The summed E-state index contributed by atoms with van der Waals surface area (Å²) in [5.41, 5.74) is 5.99. The Kier molecular flexibility index (Phi) is 5.04. The summed E-state index contributed by atoms with van der Waals surface area (Å²) in [5.74, 6) is -0.969. The van der Waals surface area contributed by atoms with Crippen molar-refractivity contribution in [3.05, 3.63) is 0 Å². The molecule has 0 aromatic carbocycles. The van der Waals surface area contributed by atoms with Gasteiger partial charge in [0, 0.05) is 12.1 Å². The molecule has 2 saturated carbocycles. The van der Waals surface area contributed by atoms with Gasteiger partial charge in [-0.05, 0) is 25.7 Å². The summed E-state index contributed by atoms with van der Waals surface area (Å²) < 4.78 is 32.5. The minimum Gasteiger partial charge on any atom is -0.469 e. The fraction of sp³-hybridized carbons (Fsp3) is 0.923. The van der Waals surface area contributed by atoms with Crippen LogP contribution in [0.25, 0.3) is 0 Å². The van der Waals surface area contributed by atoms with Gasteiger partial charge in [0.15, 0.2) is 0 Å². The number of nitrogens with two attached hydrogens (primary N) is 1. The smallest absolute Gasteiger partial charge is 0.310 e. The van der Waals surface area contributed by atoms with E-state index in [4.69, 9.17) is 10.5 Å². The first-order valence-electron chi connectivity index (χ1n) is 7.30. The van der Waals surface area contributed by atoms with Crippen LogP contribution in [0.5, 0.6) is 0 Å². The summed E-state index contributed by atoms with van der Waals surface area (Å²) in [7, 11) is -2.23. The molecule has 20 heavy (non-hydrogen) atoms. The monoisotopic (exact) mass is 304 g/mol. The predicted molar refractivity (Wildman–Crippen MR) is 75.4 cm³/mol. The zero-order valence-corrected chi connectivity index (χ0v) is 12.7. The molecular weight excluding hydrogens is 280 g/mol. The molecule has 4 unspecified atom stereocenters. The molecule has 3 N–H and O–H groups in total. The van der Waals surface area contributed by atoms with Gasteiger partial charge in [-0.1, -0.05) is 19.3 Å². The van der Waals surface area contributed by atoms with Gasteiger partial charge in [-0.3, -0.25) is 4.79 Å². The molecule has 0 saturated heterocycles. The Morgan fingerprint density at radius 2 is 1.85 bits per heavy atom. The highest BCUT2D eigenvalue weighted by atomic mass is 32.2. The average molecular weight is 304 g/mol. The van der Waals surface area contributed by atoms with Crippen molar-refractivity contribution < 1.29 is 17.9 Å². The zero-order valence-electron chi connectivity index (χ0n) is 11.9. The van der Waals surface area contributed by atoms with E-state index >= 15 is 0 Å². The second kappa shape index (κ2) is 6.41. The molecule has 0 amide bonds. The van der Waals surface area contributed by atoms with E-state index in [0.29, 0.717) is 12.8 Å². The second-order valence-electron chi connectivity index (χ2n) is 5.82. The van der Waals surface area contributed by atoms with Crippen LogP contribution in [0.4, 0.5) is 0 Å². The Hall–Kier alpha value is -0.660. The van der Waals surface area contributed by atoms with Crippen molar-refractivity contribution in [3.63, 3.8) is 0 Å². The van der Waals surface area contributed by atoms with Gasteiger partial charge in [-0.2, -0.15) is 0 Å². The zero-order chi connectivity index (χ0) is 14.8. The molecule has 2 rings (SSSR count). The topological polar surface area (TPSA) is 98.5 Å². The maximum Gasteiger partial charge on any atom is 0.310 e. The number of esters is 1. The van der Waals surface area contributed by atoms with E-state index in [9.17, 15) is 13.2 Å². The molecule has 7 heteroatoms. The number of hydrogen-bond donors (Lipinski definition) is 2. The van der Waals surface area contributed by atoms with Crippen LogP contribution in [0, 0.1) is 5.92 Å². The van der Waals surface area contributed by atoms with E-state index in [0.717, 1.165) is 32.1 Å². The van der Waals surface area contributed by atoms with E-state index < -0.39 is 27.2 Å². The minimum atomic E-state index is -3.53. The maximum atomic E-state index is 12.5. The van der Waals surface area contributed by atoms with Crippen LogP contribution >= 0.6 is 0 Å². The van der Waals surface area contributed by atoms with Gasteiger partial charge in [-0.15, -0.1) is 0 Å². The van der Waals surface area contributed by atoms with Gasteiger partial charge in [0.1, 0.15) is 0 Å². The first-order valence-corrected chi connectivity index (χ1v) is 8.85. The second-order valence-corrected chi connectivity index (χ2v) is 7.75. The quantitative estimate of drug-likeness (QED) is 0.738. The molecule has 2 fully saturated rings. The predicted octanol–water partition coefficient (Wildman–Crippen LogP) is 0.517. The molecule has 0 radical (unpaired) electrons. The van der Waals surface area contributed by atoms with E-state index in [2.05, 4.69) is 4.72 Å². The number of carbonyl (C=O) groups excluding carboxylic acids is 1. The standard InChI is InChI=1S/C13H24N2O4S/c1-19-13(16)9-5-4-8-12(9)20(17,18)15-11-7-3-2-6-10(11)14/h9-12,15H,2-8,14H2,1H3. The number of sulfonamides is 1. The fourth-order valence-electron chi connectivity index (χ4n) is 3.32. The summed E-state index contributed by atoms with van der Waals surface area (Å²) in [4.78, 5) is 11.7. The SMILES string of the molecule is COC(=O)C1CCCC1S(=O)(=O)NC1CCCCC1N. The van der Waals surface area contributed by atoms with Gasteiger partial charge in [-0.25, -0.2) is 13.1 Å². The average Bonchev–Trinajstić information content (AvgIpc) is 2.90. The molecule has 0 aromatic rings. The third-order valence-electron chi connectivity index (χ3n) is 4.49. The lowest BCUT2D eigenvalue weighted by molar-refractivity contribution is -0.145. The number of hydrogen-bond acceptors (Lipinski definition) is 5. The van der Waals surface area contributed by atoms with Crippen LogP contribution in [0.2, 0.25) is 0 Å². The Morgan fingerprint density at radius 1 is 1.15 bits per heavy atom. The summed E-state index contributed by atoms with van der Waals surface area (Å²) >= 11 is 0. The number of rotatable bonds is 4. The third kappa shape index (κ3) is 3.32. The fourth-order valence-corrected chi connectivity index (χ4v) is 5.37. The summed E-state index contributed by atoms with van der Waals surface area (Å²) in [5, 5.41) is -0.677. The van der Waals surface area contributed by atoms with Crippen molar-refractivity contribution in [1.82, 2.24) is 4.72 Å². The summed E-state index contributed by atoms with van der Waals surface area (Å²) in [6.45, 7) is 0. The third-order valence-corrected chi connectivity index (χ3v) is 6.48. The van der Waals surface area contributed by atoms with E-state index in [1.54, 1.807) is 0 Å². The van der Waals surface area contributed by atoms with E-state index in [-0.39, 0.29) is 12.1 Å². The van der Waals surface area contributed by atoms with Crippen molar-refractivity contribution in [2.75, 3.05) is 7.11 Å². The number of nitrogens with one attached hydrogen (secondary N) is 1. The van der Waals surface area contributed by atoms with Gasteiger partial charge in [0.25, 0.3) is 0 Å². The van der Waals surface area contributed by atoms with E-state index in [1.165, 1.54) is 7.11 Å². The molecule has 0 heterocycles. The summed E-state index contributed by atoms with van der Waals surface area (Å²) in [6.07, 6.45) is 5.49. The number of methoxy groups -OCH3 is 1. The van der Waals surface area contributed by atoms with Crippen LogP contribution in [0.1, 0.15) is 44.9 Å². The Labute approximate surface area is 120 Å². The summed E-state index contributed by atoms with van der Waals surface area (Å²) in [6, 6.07) is -0.329. The molecular formula is C13H24N2O4S. The van der Waals surface area contributed by atoms with Gasteiger partial charge in [0.2, 0.25) is 10.0 Å². The molecule has 0 bridgehead atoms. The van der Waals surface area contributed by atoms with Crippen molar-refractivity contribution in [1.29, 1.82) is 0 Å². The number of ether oxygens (including phenoxy) is 1. The lowest BCUT2D eigenvalue weighted by atomic mass is 9.92. The van der Waals surface area contributed by atoms with Crippen LogP contribution < -0.4 is 10.5 Å². The molecule has 6 nitrogen and oxygen atoms in total. The maximum absolute atomic E-state index is 12.5. The highest BCUT2D eigenvalue weighted by Crippen LogP contribution is 2.32. The van der Waals surface area contributed by atoms with Crippen LogP contribution in [0.3, 0.4) is 0 Å². The van der Waals surface area contributed by atoms with Crippen LogP contribution in [-0.2, 0) is 19.6 Å². The molecule has 2 aliphatic carbocycles. The van der Waals surface area contributed by atoms with Crippen LogP contribution in [-0.4, -0.2) is 38.8 Å². The lowest BCUT2D eigenvalue weighted by Gasteiger charge is -2.30. The Balaban J connectivity index is 2.07. The van der Waals surface area contributed by atoms with Gasteiger partial charge < -0.3 is 10.5 Å². The highest BCUT2D eigenvalue weighted by Gasteiger charge is 2.43. The normalized spacial score (nSPS) is 34.9. The first kappa shape index (κ1) is 15.7. The highest BCUT2D eigenvalue weighted by molar-refractivity contribution is 7.90. The molecule has 116 valence electrons. The van der Waals surface area contributed by atoms with Crippen molar-refractivity contribution in [3.8, 4) is 0 Å². The Morgan fingerprint density at radius 3 is 2.50 bits per heavy atom. The lowest BCUT2D eigenvalue weighted by Crippen LogP contribution is -2.52.